The molecule has 1 aromatic carbocycles. The molecule has 2 heterocycles. The van der Waals surface area contributed by atoms with Crippen LogP contribution < -0.4 is 4.74 Å². The van der Waals surface area contributed by atoms with Gasteiger partial charge in [-0.05, 0) is 19.1 Å². The van der Waals surface area contributed by atoms with Crippen LogP contribution >= 0.6 is 0 Å². The Morgan fingerprint density at radius 3 is 2.11 bits per heavy atom. The Morgan fingerprint density at radius 1 is 0.964 bits per heavy atom. The maximum atomic E-state index is 12.8. The lowest BCUT2D eigenvalue weighted by molar-refractivity contribution is 0.0529. The Labute approximate surface area is 161 Å². The Kier molecular flexibility index (Phi) is 5.83. The summed E-state index contributed by atoms with van der Waals surface area (Å²) in [6.45, 7) is 3.79. The number of aromatic nitrogens is 2. The van der Waals surface area contributed by atoms with Crippen molar-refractivity contribution in [3.8, 4) is 5.75 Å². The quantitative estimate of drug-likeness (QED) is 0.823. The number of hydrogen-bond acceptors (Lipinski definition) is 6. The lowest BCUT2D eigenvalue weighted by atomic mass is 10.1. The molecule has 0 radical (unpaired) electrons. The molecule has 9 nitrogen and oxygen atoms in total. The van der Waals surface area contributed by atoms with Crippen molar-refractivity contribution in [2.45, 2.75) is 6.92 Å². The van der Waals surface area contributed by atoms with E-state index in [1.54, 1.807) is 28.0 Å². The molecule has 0 saturated carbocycles. The molecule has 1 aliphatic heterocycles. The van der Waals surface area contributed by atoms with E-state index in [1.165, 1.54) is 0 Å². The molecule has 2 amide bonds. The highest BCUT2D eigenvalue weighted by atomic mass is 16.5. The summed E-state index contributed by atoms with van der Waals surface area (Å²) in [6, 6.07) is 7.09. The fraction of sp³-hybridized carbons (Fsp3) is 0.316. The molecule has 9 heteroatoms. The molecular formula is C19H20N4O5. The van der Waals surface area contributed by atoms with Gasteiger partial charge in [0.05, 0.1) is 24.6 Å². The Hall–Kier alpha value is -3.49. The SMILES string of the molecule is CCOc1ccccc1C(=O)N1CCN(C(=O)c2cnc(C(=O)O)cn2)CC1. The molecule has 1 fully saturated rings. The number of hydrogen-bond donors (Lipinski definition) is 1. The van der Waals surface area contributed by atoms with Crippen molar-refractivity contribution >= 4 is 17.8 Å². The van der Waals surface area contributed by atoms with Gasteiger partial charge in [0.1, 0.15) is 11.4 Å². The second kappa shape index (κ2) is 8.47. The normalized spacial score (nSPS) is 13.9. The summed E-state index contributed by atoms with van der Waals surface area (Å²) in [5, 5.41) is 8.85. The highest BCUT2D eigenvalue weighted by molar-refractivity contribution is 5.97. The number of nitrogens with zero attached hydrogens (tertiary/aromatic N) is 4. The van der Waals surface area contributed by atoms with Crippen molar-refractivity contribution in [2.24, 2.45) is 0 Å². The maximum Gasteiger partial charge on any atom is 0.356 e. The van der Waals surface area contributed by atoms with E-state index < -0.39 is 5.97 Å². The first-order valence-electron chi connectivity index (χ1n) is 8.87. The number of carbonyl (C=O) groups excluding carboxylic acids is 2. The first-order chi connectivity index (χ1) is 13.5. The maximum absolute atomic E-state index is 12.8. The highest BCUT2D eigenvalue weighted by Gasteiger charge is 2.27. The number of rotatable bonds is 5. The van der Waals surface area contributed by atoms with E-state index in [1.807, 2.05) is 13.0 Å². The number of carboxylic acids is 1. The Balaban J connectivity index is 1.63. The van der Waals surface area contributed by atoms with Gasteiger partial charge in [0.25, 0.3) is 11.8 Å². The first kappa shape index (κ1) is 19.3. The minimum absolute atomic E-state index is 0.0754. The third-order valence-electron chi connectivity index (χ3n) is 4.36. The van der Waals surface area contributed by atoms with Crippen molar-refractivity contribution in [3.05, 3.63) is 53.6 Å². The fourth-order valence-electron chi connectivity index (χ4n) is 2.92. The van der Waals surface area contributed by atoms with Crippen LogP contribution in [0.15, 0.2) is 36.7 Å². The van der Waals surface area contributed by atoms with Gasteiger partial charge >= 0.3 is 5.97 Å². The van der Waals surface area contributed by atoms with Crippen molar-refractivity contribution in [2.75, 3.05) is 32.8 Å². The van der Waals surface area contributed by atoms with Crippen LogP contribution in [-0.4, -0.2) is 75.4 Å². The lowest BCUT2D eigenvalue weighted by Crippen LogP contribution is -2.50. The predicted molar refractivity (Wildman–Crippen MR) is 98.4 cm³/mol. The monoisotopic (exact) mass is 384 g/mol. The fourth-order valence-corrected chi connectivity index (χ4v) is 2.92. The summed E-state index contributed by atoms with van der Waals surface area (Å²) >= 11 is 0. The molecule has 3 rings (SSSR count). The summed E-state index contributed by atoms with van der Waals surface area (Å²) in [4.78, 5) is 47.0. The van der Waals surface area contributed by atoms with Crippen LogP contribution in [0.5, 0.6) is 5.75 Å². The topological polar surface area (TPSA) is 113 Å². The van der Waals surface area contributed by atoms with Gasteiger partial charge in [-0.15, -0.1) is 0 Å². The molecule has 28 heavy (non-hydrogen) atoms. The van der Waals surface area contributed by atoms with Crippen LogP contribution in [0.25, 0.3) is 0 Å². The average molecular weight is 384 g/mol. The molecule has 1 aliphatic rings. The van der Waals surface area contributed by atoms with Gasteiger partial charge in [0.15, 0.2) is 5.69 Å². The zero-order valence-electron chi connectivity index (χ0n) is 15.4. The van der Waals surface area contributed by atoms with Gasteiger partial charge in [-0.2, -0.15) is 0 Å². The smallest absolute Gasteiger partial charge is 0.356 e. The number of para-hydroxylation sites is 1. The number of carboxylic acid groups (broad SMARTS) is 1. The molecule has 0 bridgehead atoms. The lowest BCUT2D eigenvalue weighted by Gasteiger charge is -2.34. The molecule has 2 aromatic rings. The van der Waals surface area contributed by atoms with Gasteiger partial charge in [0.2, 0.25) is 0 Å². The van der Waals surface area contributed by atoms with E-state index in [9.17, 15) is 14.4 Å². The van der Waals surface area contributed by atoms with Crippen LogP contribution in [0.3, 0.4) is 0 Å². The number of ether oxygens (including phenoxy) is 1. The third kappa shape index (κ3) is 4.08. The van der Waals surface area contributed by atoms with E-state index in [0.29, 0.717) is 44.1 Å². The van der Waals surface area contributed by atoms with Gasteiger partial charge in [0, 0.05) is 26.2 Å². The summed E-state index contributed by atoms with van der Waals surface area (Å²) in [5.41, 5.74) is 0.352. The average Bonchev–Trinajstić information content (AvgIpc) is 2.73. The summed E-state index contributed by atoms with van der Waals surface area (Å²) in [6.07, 6.45) is 2.21. The second-order valence-corrected chi connectivity index (χ2v) is 6.11. The largest absolute Gasteiger partial charge is 0.493 e. The van der Waals surface area contributed by atoms with Gasteiger partial charge < -0.3 is 19.6 Å². The van der Waals surface area contributed by atoms with Crippen molar-refractivity contribution in [1.82, 2.24) is 19.8 Å². The van der Waals surface area contributed by atoms with Crippen LogP contribution in [0.2, 0.25) is 0 Å². The van der Waals surface area contributed by atoms with Crippen molar-refractivity contribution in [3.63, 3.8) is 0 Å². The highest BCUT2D eigenvalue weighted by Crippen LogP contribution is 2.21. The minimum Gasteiger partial charge on any atom is -0.493 e. The van der Waals surface area contributed by atoms with Crippen LogP contribution in [0.1, 0.15) is 38.3 Å². The van der Waals surface area contributed by atoms with E-state index in [-0.39, 0.29) is 23.2 Å². The molecule has 1 saturated heterocycles. The zero-order valence-corrected chi connectivity index (χ0v) is 15.4. The molecule has 0 aliphatic carbocycles. The second-order valence-electron chi connectivity index (χ2n) is 6.11. The summed E-state index contributed by atoms with van der Waals surface area (Å²) < 4.78 is 5.52. The zero-order chi connectivity index (χ0) is 20.1. The van der Waals surface area contributed by atoms with Gasteiger partial charge in [-0.25, -0.2) is 14.8 Å². The van der Waals surface area contributed by atoms with E-state index in [2.05, 4.69) is 9.97 Å². The molecular weight excluding hydrogens is 364 g/mol. The Morgan fingerprint density at radius 2 is 1.54 bits per heavy atom. The van der Waals surface area contributed by atoms with Gasteiger partial charge in [-0.3, -0.25) is 9.59 Å². The standard InChI is InChI=1S/C19H20N4O5/c1-2-28-16-6-4-3-5-13(16)17(24)22-7-9-23(10-8-22)18(25)14-11-21-15(12-20-14)19(26)27/h3-6,11-12H,2,7-10H2,1H3,(H,26,27). The number of piperazine rings is 1. The molecule has 1 N–H and O–H groups in total. The summed E-state index contributed by atoms with van der Waals surface area (Å²) in [7, 11) is 0. The molecule has 0 spiro atoms. The van der Waals surface area contributed by atoms with Crippen molar-refractivity contribution in [1.29, 1.82) is 0 Å². The number of benzene rings is 1. The summed E-state index contributed by atoms with van der Waals surface area (Å²) in [5.74, 6) is -1.14. The molecule has 0 atom stereocenters. The molecule has 146 valence electrons. The van der Waals surface area contributed by atoms with Crippen LogP contribution in [0, 0.1) is 0 Å². The van der Waals surface area contributed by atoms with Crippen LogP contribution in [0.4, 0.5) is 0 Å². The van der Waals surface area contributed by atoms with E-state index in [0.717, 1.165) is 12.4 Å². The molecule has 1 aromatic heterocycles. The Bertz CT molecular complexity index is 876. The van der Waals surface area contributed by atoms with Crippen molar-refractivity contribution < 1.29 is 24.2 Å². The third-order valence-corrected chi connectivity index (χ3v) is 4.36. The number of amides is 2. The number of carbonyl (C=O) groups is 3. The van der Waals surface area contributed by atoms with Gasteiger partial charge in [-0.1, -0.05) is 12.1 Å². The van der Waals surface area contributed by atoms with Crippen LogP contribution in [-0.2, 0) is 0 Å². The van der Waals surface area contributed by atoms with E-state index >= 15 is 0 Å². The van der Waals surface area contributed by atoms with E-state index in [4.69, 9.17) is 9.84 Å². The number of aromatic carboxylic acids is 1. The predicted octanol–water partition coefficient (Wildman–Crippen LogP) is 1.17. The minimum atomic E-state index is -1.20. The first-order valence-corrected chi connectivity index (χ1v) is 8.87. The molecule has 0 unspecified atom stereocenters.